The molecule has 0 radical (unpaired) electrons. The molecule has 1 fully saturated rings. The monoisotopic (exact) mass is 517 g/mol. The molecule has 5 rings (SSSR count). The second-order valence-electron chi connectivity index (χ2n) is 9.01. The molecule has 1 aliphatic rings. The molecule has 0 bridgehead atoms. The number of benzene rings is 1. The van der Waals surface area contributed by atoms with Crippen molar-refractivity contribution in [2.24, 2.45) is 0 Å². The fourth-order valence-electron chi connectivity index (χ4n) is 4.33. The van der Waals surface area contributed by atoms with Gasteiger partial charge in [0, 0.05) is 43.3 Å². The van der Waals surface area contributed by atoms with Gasteiger partial charge < -0.3 is 20.6 Å². The number of hydrogen-bond donors (Lipinski definition) is 3. The maximum atomic E-state index is 12.8. The van der Waals surface area contributed by atoms with E-state index in [0.717, 1.165) is 17.5 Å². The molecule has 4 aromatic rings. The second kappa shape index (κ2) is 10.4. The molecule has 2 amide bonds. The van der Waals surface area contributed by atoms with Crippen LogP contribution in [0.3, 0.4) is 0 Å². The minimum atomic E-state index is -0.296. The van der Waals surface area contributed by atoms with Gasteiger partial charge in [0.25, 0.3) is 5.91 Å². The van der Waals surface area contributed by atoms with E-state index in [-0.39, 0.29) is 23.6 Å². The van der Waals surface area contributed by atoms with Crippen LogP contribution in [-0.4, -0.2) is 54.7 Å². The molecule has 1 aromatic carbocycles. The molecular weight excluding hydrogens is 490 g/mol. The number of carbonyl (C=O) groups excluding carboxylic acids is 2. The number of pyridine rings is 1. The molecule has 1 aliphatic heterocycles. The Morgan fingerprint density at radius 3 is 2.78 bits per heavy atom. The molecule has 1 saturated heterocycles. The van der Waals surface area contributed by atoms with Gasteiger partial charge in [-0.05, 0) is 49.6 Å². The van der Waals surface area contributed by atoms with Crippen LogP contribution in [0.15, 0.2) is 55.1 Å². The first-order chi connectivity index (χ1) is 17.9. The first kappa shape index (κ1) is 24.4. The van der Waals surface area contributed by atoms with Crippen molar-refractivity contribution >= 4 is 39.8 Å². The van der Waals surface area contributed by atoms with Gasteiger partial charge in [-0.15, -0.1) is 0 Å². The molecule has 1 atom stereocenters. The Bertz CT molecular complexity index is 1430. The van der Waals surface area contributed by atoms with Crippen LogP contribution >= 0.6 is 11.3 Å². The maximum Gasteiger partial charge on any atom is 0.267 e. The minimum Gasteiger partial charge on any atom is -0.508 e. The summed E-state index contributed by atoms with van der Waals surface area (Å²) in [5.41, 5.74) is 3.03. The number of phenolic OH excluding ortho intramolecular Hbond substituents is 1. The van der Waals surface area contributed by atoms with Crippen molar-refractivity contribution in [3.05, 3.63) is 76.7 Å². The Morgan fingerprint density at radius 2 is 1.97 bits per heavy atom. The highest BCUT2D eigenvalue weighted by atomic mass is 32.1. The molecule has 3 N–H and O–H groups in total. The number of aryl methyl sites for hydroxylation is 1. The highest BCUT2D eigenvalue weighted by Gasteiger charge is 2.28. The molecule has 11 heteroatoms. The minimum absolute atomic E-state index is 0.100. The number of hydrogen-bond acceptors (Lipinski definition) is 8. The Hall–Kier alpha value is -4.25. The first-order valence-corrected chi connectivity index (χ1v) is 12.7. The molecule has 0 unspecified atom stereocenters. The third kappa shape index (κ3) is 5.46. The Kier molecular flexibility index (Phi) is 6.87. The van der Waals surface area contributed by atoms with Gasteiger partial charge >= 0.3 is 0 Å². The SMILES string of the molecule is Cc1ccc(O)c(C)c1NC(=O)c1cnc(Nc2ccn([C@@H]3CCN(C(=O)Cc4ccncc4)C3)n2)s1. The standard InChI is InChI=1S/C26H27N7O3S/c1-16-3-4-20(34)17(2)24(16)30-25(36)21-14-28-26(37-21)29-22-8-12-33(31-22)19-7-11-32(15-19)23(35)13-18-5-9-27-10-6-18/h3-6,8-10,12,14,19,34H,7,11,13,15H2,1-2H3,(H,30,36)(H,28,29,31)/t19-/m1/s1. The Balaban J connectivity index is 1.18. The predicted octanol–water partition coefficient (Wildman–Crippen LogP) is 4.07. The van der Waals surface area contributed by atoms with Gasteiger partial charge in [-0.3, -0.25) is 19.3 Å². The van der Waals surface area contributed by atoms with Gasteiger partial charge in [0.1, 0.15) is 10.6 Å². The zero-order valence-electron chi connectivity index (χ0n) is 20.5. The van der Waals surface area contributed by atoms with Crippen LogP contribution in [0.2, 0.25) is 0 Å². The van der Waals surface area contributed by atoms with E-state index in [1.165, 1.54) is 17.5 Å². The van der Waals surface area contributed by atoms with Crippen LogP contribution in [0.5, 0.6) is 5.75 Å². The van der Waals surface area contributed by atoms with Crippen molar-refractivity contribution in [2.75, 3.05) is 23.7 Å². The van der Waals surface area contributed by atoms with E-state index in [2.05, 4.69) is 25.7 Å². The lowest BCUT2D eigenvalue weighted by Crippen LogP contribution is -2.30. The number of nitrogens with zero attached hydrogens (tertiary/aromatic N) is 5. The zero-order valence-corrected chi connectivity index (χ0v) is 21.3. The highest BCUT2D eigenvalue weighted by Crippen LogP contribution is 2.30. The van der Waals surface area contributed by atoms with Crippen LogP contribution in [0.1, 0.15) is 38.8 Å². The van der Waals surface area contributed by atoms with E-state index >= 15 is 0 Å². The van der Waals surface area contributed by atoms with Crippen LogP contribution in [0.4, 0.5) is 16.6 Å². The smallest absolute Gasteiger partial charge is 0.267 e. The summed E-state index contributed by atoms with van der Waals surface area (Å²) >= 11 is 1.21. The molecule has 10 nitrogen and oxygen atoms in total. The van der Waals surface area contributed by atoms with E-state index in [0.29, 0.717) is 46.6 Å². The van der Waals surface area contributed by atoms with Crippen LogP contribution in [0, 0.1) is 13.8 Å². The Labute approximate surface area is 218 Å². The summed E-state index contributed by atoms with van der Waals surface area (Å²) < 4.78 is 1.87. The van der Waals surface area contributed by atoms with Crippen molar-refractivity contribution in [2.45, 2.75) is 32.7 Å². The Morgan fingerprint density at radius 1 is 1.16 bits per heavy atom. The number of aromatic hydroxyl groups is 1. The molecule has 37 heavy (non-hydrogen) atoms. The summed E-state index contributed by atoms with van der Waals surface area (Å²) in [4.78, 5) is 36.1. The normalized spacial score (nSPS) is 15.1. The number of amides is 2. The average Bonchev–Trinajstić information content (AvgIpc) is 3.66. The third-order valence-corrected chi connectivity index (χ3v) is 7.36. The highest BCUT2D eigenvalue weighted by molar-refractivity contribution is 7.17. The number of anilines is 3. The van der Waals surface area contributed by atoms with Gasteiger partial charge in [0.05, 0.1) is 24.3 Å². The fraction of sp³-hybridized carbons (Fsp3) is 0.269. The van der Waals surface area contributed by atoms with Crippen molar-refractivity contribution < 1.29 is 14.7 Å². The van der Waals surface area contributed by atoms with Gasteiger partial charge in [-0.25, -0.2) is 4.98 Å². The topological polar surface area (TPSA) is 125 Å². The van der Waals surface area contributed by atoms with Crippen molar-refractivity contribution in [1.82, 2.24) is 24.6 Å². The summed E-state index contributed by atoms with van der Waals surface area (Å²) in [5.74, 6) is 0.549. The molecule has 0 saturated carbocycles. The number of likely N-dealkylation sites (tertiary alicyclic amines) is 1. The summed E-state index contributed by atoms with van der Waals surface area (Å²) in [5, 5.41) is 21.1. The van der Waals surface area contributed by atoms with Crippen LogP contribution in [-0.2, 0) is 11.2 Å². The van der Waals surface area contributed by atoms with E-state index in [1.54, 1.807) is 31.5 Å². The number of aromatic nitrogens is 4. The number of phenols is 1. The van der Waals surface area contributed by atoms with E-state index in [4.69, 9.17) is 0 Å². The maximum absolute atomic E-state index is 12.8. The average molecular weight is 518 g/mol. The lowest BCUT2D eigenvalue weighted by Gasteiger charge is -2.16. The third-order valence-electron chi connectivity index (χ3n) is 6.45. The summed E-state index contributed by atoms with van der Waals surface area (Å²) in [6.07, 6.45) is 7.99. The number of thiazole rings is 1. The van der Waals surface area contributed by atoms with E-state index in [9.17, 15) is 14.7 Å². The quantitative estimate of drug-likeness (QED) is 0.337. The molecule has 0 aliphatic carbocycles. The molecule has 0 spiro atoms. The second-order valence-corrected chi connectivity index (χ2v) is 10.0. The molecule has 190 valence electrons. The summed E-state index contributed by atoms with van der Waals surface area (Å²) in [7, 11) is 0. The number of nitrogens with one attached hydrogen (secondary N) is 2. The molecule has 4 heterocycles. The van der Waals surface area contributed by atoms with Gasteiger partial charge in [0.2, 0.25) is 5.91 Å². The first-order valence-electron chi connectivity index (χ1n) is 11.9. The van der Waals surface area contributed by atoms with Crippen LogP contribution in [0.25, 0.3) is 0 Å². The van der Waals surface area contributed by atoms with Crippen molar-refractivity contribution in [3.63, 3.8) is 0 Å². The lowest BCUT2D eigenvalue weighted by molar-refractivity contribution is -0.129. The van der Waals surface area contributed by atoms with E-state index in [1.807, 2.05) is 40.9 Å². The molecular formula is C26H27N7O3S. The van der Waals surface area contributed by atoms with Crippen molar-refractivity contribution in [3.8, 4) is 5.75 Å². The van der Waals surface area contributed by atoms with Gasteiger partial charge in [-0.1, -0.05) is 17.4 Å². The van der Waals surface area contributed by atoms with Gasteiger partial charge in [0.15, 0.2) is 10.9 Å². The van der Waals surface area contributed by atoms with Crippen molar-refractivity contribution in [1.29, 1.82) is 0 Å². The van der Waals surface area contributed by atoms with E-state index < -0.39 is 0 Å². The summed E-state index contributed by atoms with van der Waals surface area (Å²) in [6.45, 7) is 4.94. The number of rotatable bonds is 7. The fourth-order valence-corrected chi connectivity index (χ4v) is 5.05. The summed E-state index contributed by atoms with van der Waals surface area (Å²) in [6, 6.07) is 9.04. The molecule has 3 aromatic heterocycles. The van der Waals surface area contributed by atoms with Crippen LogP contribution < -0.4 is 10.6 Å². The largest absolute Gasteiger partial charge is 0.508 e. The van der Waals surface area contributed by atoms with Gasteiger partial charge in [-0.2, -0.15) is 5.10 Å². The predicted molar refractivity (Wildman–Crippen MR) is 141 cm³/mol. The lowest BCUT2D eigenvalue weighted by atomic mass is 10.1. The number of carbonyl (C=O) groups is 2. The zero-order chi connectivity index (χ0) is 25.9.